The molecule has 3 aromatic carbocycles. The highest BCUT2D eigenvalue weighted by Crippen LogP contribution is 2.29. The Bertz CT molecular complexity index is 1300. The van der Waals surface area contributed by atoms with Gasteiger partial charge in [0.2, 0.25) is 5.91 Å². The molecule has 0 aliphatic heterocycles. The van der Waals surface area contributed by atoms with Crippen LogP contribution in [0.15, 0.2) is 78.2 Å². The van der Waals surface area contributed by atoms with Crippen molar-refractivity contribution in [1.29, 1.82) is 0 Å². The molecule has 0 radical (unpaired) electrons. The molecular weight excluding hydrogens is 442 g/mol. The Hall–Kier alpha value is -3.77. The van der Waals surface area contributed by atoms with Crippen LogP contribution < -0.4 is 10.6 Å². The van der Waals surface area contributed by atoms with E-state index in [0.717, 1.165) is 22.4 Å². The maximum absolute atomic E-state index is 13.2. The molecular formula is C28H27N3O2S. The van der Waals surface area contributed by atoms with E-state index >= 15 is 0 Å². The molecule has 5 nitrogen and oxygen atoms in total. The fraction of sp³-hybridized carbons (Fsp3) is 0.179. The maximum atomic E-state index is 13.2. The van der Waals surface area contributed by atoms with Gasteiger partial charge in [0.15, 0.2) is 5.13 Å². The molecule has 6 heteroatoms. The first kappa shape index (κ1) is 23.4. The molecule has 1 aromatic heterocycles. The summed E-state index contributed by atoms with van der Waals surface area (Å²) >= 11 is 1.37. The number of nitrogens with one attached hydrogen (secondary N) is 2. The second kappa shape index (κ2) is 10.4. The molecule has 172 valence electrons. The normalized spacial score (nSPS) is 11.6. The fourth-order valence-electron chi connectivity index (χ4n) is 3.77. The van der Waals surface area contributed by atoms with Crippen LogP contribution >= 0.6 is 11.3 Å². The first-order chi connectivity index (χ1) is 16.4. The smallest absolute Gasteiger partial charge is 0.251 e. The lowest BCUT2D eigenvalue weighted by molar-refractivity contribution is -0.118. The SMILES string of the molecule is Cc1cc(C)c(-c2csc(NC(=O)C(Cc3ccccc3)NC(=O)c3ccccc3)n2)cc1C. The number of hydrogen-bond acceptors (Lipinski definition) is 4. The second-order valence-corrected chi connectivity index (χ2v) is 9.22. The fourth-order valence-corrected chi connectivity index (χ4v) is 4.49. The molecule has 4 rings (SSSR count). The van der Waals surface area contributed by atoms with Crippen LogP contribution in [0.1, 0.15) is 32.6 Å². The first-order valence-electron chi connectivity index (χ1n) is 11.1. The summed E-state index contributed by atoms with van der Waals surface area (Å²) < 4.78 is 0. The third-order valence-corrected chi connectivity index (χ3v) is 6.55. The van der Waals surface area contributed by atoms with E-state index < -0.39 is 6.04 Å². The van der Waals surface area contributed by atoms with E-state index in [4.69, 9.17) is 0 Å². The average Bonchev–Trinajstić information content (AvgIpc) is 3.30. The Kier molecular flexibility index (Phi) is 7.18. The van der Waals surface area contributed by atoms with Crippen molar-refractivity contribution in [1.82, 2.24) is 10.3 Å². The van der Waals surface area contributed by atoms with Crippen LogP contribution in [-0.2, 0) is 11.2 Å². The summed E-state index contributed by atoms with van der Waals surface area (Å²) in [5.74, 6) is -0.590. The summed E-state index contributed by atoms with van der Waals surface area (Å²) in [5, 5.41) is 8.25. The minimum absolute atomic E-state index is 0.290. The third-order valence-electron chi connectivity index (χ3n) is 5.79. The molecule has 0 aliphatic carbocycles. The number of aromatic nitrogens is 1. The summed E-state index contributed by atoms with van der Waals surface area (Å²) in [6, 6.07) is 22.1. The number of benzene rings is 3. The Balaban J connectivity index is 1.53. The van der Waals surface area contributed by atoms with Gasteiger partial charge in [0.1, 0.15) is 6.04 Å². The molecule has 0 fully saturated rings. The molecule has 0 spiro atoms. The van der Waals surface area contributed by atoms with Crippen LogP contribution in [0.5, 0.6) is 0 Å². The monoisotopic (exact) mass is 469 g/mol. The highest BCUT2D eigenvalue weighted by Gasteiger charge is 2.23. The van der Waals surface area contributed by atoms with Crippen LogP contribution in [0, 0.1) is 20.8 Å². The largest absolute Gasteiger partial charge is 0.340 e. The van der Waals surface area contributed by atoms with Crippen LogP contribution in [0.4, 0.5) is 5.13 Å². The van der Waals surface area contributed by atoms with Crippen molar-refractivity contribution in [3.63, 3.8) is 0 Å². The maximum Gasteiger partial charge on any atom is 0.251 e. The number of nitrogens with zero attached hydrogens (tertiary/aromatic N) is 1. The van der Waals surface area contributed by atoms with Crippen molar-refractivity contribution in [3.05, 3.63) is 106 Å². The zero-order valence-corrected chi connectivity index (χ0v) is 20.3. The number of aryl methyl sites for hydroxylation is 3. The third kappa shape index (κ3) is 5.58. The van der Waals surface area contributed by atoms with Gasteiger partial charge in [-0.15, -0.1) is 11.3 Å². The highest BCUT2D eigenvalue weighted by molar-refractivity contribution is 7.14. The van der Waals surface area contributed by atoms with Gasteiger partial charge in [-0.05, 0) is 61.2 Å². The van der Waals surface area contributed by atoms with Gasteiger partial charge in [0, 0.05) is 22.9 Å². The molecule has 1 heterocycles. The minimum Gasteiger partial charge on any atom is -0.340 e. The molecule has 1 atom stereocenters. The molecule has 0 saturated carbocycles. The van der Waals surface area contributed by atoms with Crippen molar-refractivity contribution in [3.8, 4) is 11.3 Å². The van der Waals surface area contributed by atoms with E-state index in [1.807, 2.05) is 41.8 Å². The molecule has 0 saturated heterocycles. The van der Waals surface area contributed by atoms with Crippen molar-refractivity contribution in [2.75, 3.05) is 5.32 Å². The van der Waals surface area contributed by atoms with Crippen LogP contribution in [0.25, 0.3) is 11.3 Å². The average molecular weight is 470 g/mol. The number of thiazole rings is 1. The number of hydrogen-bond donors (Lipinski definition) is 2. The number of anilines is 1. The quantitative estimate of drug-likeness (QED) is 0.364. The lowest BCUT2D eigenvalue weighted by Crippen LogP contribution is -2.45. The van der Waals surface area contributed by atoms with E-state index in [0.29, 0.717) is 17.1 Å². The summed E-state index contributed by atoms with van der Waals surface area (Å²) in [7, 11) is 0. The van der Waals surface area contributed by atoms with Gasteiger partial charge in [-0.2, -0.15) is 0 Å². The topological polar surface area (TPSA) is 71.1 Å². The van der Waals surface area contributed by atoms with Gasteiger partial charge in [-0.3, -0.25) is 9.59 Å². The van der Waals surface area contributed by atoms with Crippen molar-refractivity contribution >= 4 is 28.3 Å². The van der Waals surface area contributed by atoms with Gasteiger partial charge in [0.25, 0.3) is 5.91 Å². The molecule has 4 aromatic rings. The lowest BCUT2D eigenvalue weighted by Gasteiger charge is -2.18. The summed E-state index contributed by atoms with van der Waals surface area (Å²) in [6.07, 6.45) is 0.375. The van der Waals surface area contributed by atoms with E-state index in [9.17, 15) is 9.59 Å². The second-order valence-electron chi connectivity index (χ2n) is 8.36. The Morgan fingerprint density at radius 1 is 0.882 bits per heavy atom. The Labute approximate surface area is 203 Å². The zero-order valence-electron chi connectivity index (χ0n) is 19.5. The number of carbonyl (C=O) groups is 2. The van der Waals surface area contributed by atoms with E-state index in [1.54, 1.807) is 24.3 Å². The van der Waals surface area contributed by atoms with Gasteiger partial charge >= 0.3 is 0 Å². The molecule has 0 bridgehead atoms. The van der Waals surface area contributed by atoms with Crippen molar-refractivity contribution in [2.24, 2.45) is 0 Å². The van der Waals surface area contributed by atoms with Gasteiger partial charge in [-0.1, -0.05) is 54.6 Å². The zero-order chi connectivity index (χ0) is 24.1. The molecule has 0 aliphatic rings. The predicted molar refractivity (Wildman–Crippen MR) is 138 cm³/mol. The number of amides is 2. The van der Waals surface area contributed by atoms with Crippen LogP contribution in [0.2, 0.25) is 0 Å². The number of rotatable bonds is 7. The Morgan fingerprint density at radius 2 is 1.53 bits per heavy atom. The molecule has 2 amide bonds. The van der Waals surface area contributed by atoms with E-state index in [1.165, 1.54) is 22.5 Å². The molecule has 34 heavy (non-hydrogen) atoms. The van der Waals surface area contributed by atoms with Gasteiger partial charge in [-0.25, -0.2) is 4.98 Å². The predicted octanol–water partition coefficient (Wildman–Crippen LogP) is 5.72. The first-order valence-corrected chi connectivity index (χ1v) is 12.0. The summed E-state index contributed by atoms with van der Waals surface area (Å²) in [4.78, 5) is 30.7. The molecule has 1 unspecified atom stereocenters. The van der Waals surface area contributed by atoms with Crippen molar-refractivity contribution in [2.45, 2.75) is 33.2 Å². The summed E-state index contributed by atoms with van der Waals surface area (Å²) in [6.45, 7) is 6.24. The van der Waals surface area contributed by atoms with Gasteiger partial charge in [0.05, 0.1) is 5.69 Å². The van der Waals surface area contributed by atoms with Crippen LogP contribution in [0.3, 0.4) is 0 Å². The molecule has 2 N–H and O–H groups in total. The number of carbonyl (C=O) groups excluding carboxylic acids is 2. The lowest BCUT2D eigenvalue weighted by atomic mass is 9.99. The van der Waals surface area contributed by atoms with Gasteiger partial charge < -0.3 is 10.6 Å². The van der Waals surface area contributed by atoms with E-state index in [2.05, 4.69) is 48.5 Å². The van der Waals surface area contributed by atoms with E-state index in [-0.39, 0.29) is 11.8 Å². The standard InChI is InChI=1S/C28H27N3O2S/c1-18-14-20(3)23(15-19(18)2)25-17-34-28(30-25)31-27(33)24(16-21-10-6-4-7-11-21)29-26(32)22-12-8-5-9-13-22/h4-15,17,24H,16H2,1-3H3,(H,29,32)(H,30,31,33). The van der Waals surface area contributed by atoms with Crippen LogP contribution in [-0.4, -0.2) is 22.8 Å². The highest BCUT2D eigenvalue weighted by atomic mass is 32.1. The Morgan fingerprint density at radius 3 is 2.24 bits per heavy atom. The van der Waals surface area contributed by atoms with Crippen molar-refractivity contribution < 1.29 is 9.59 Å². The summed E-state index contributed by atoms with van der Waals surface area (Å²) in [5.41, 5.74) is 6.93. The minimum atomic E-state index is -0.745.